The highest BCUT2D eigenvalue weighted by molar-refractivity contribution is 6.34. The van der Waals surface area contributed by atoms with Gasteiger partial charge < -0.3 is 15.0 Å². The van der Waals surface area contributed by atoms with Gasteiger partial charge in [0, 0.05) is 11.8 Å². The van der Waals surface area contributed by atoms with E-state index < -0.39 is 0 Å². The first-order valence-corrected chi connectivity index (χ1v) is 7.78. The number of fused-ring (bicyclic) bond motifs is 1. The number of nitrogens with two attached hydrogens (primary N) is 1. The molecule has 7 heteroatoms. The second kappa shape index (κ2) is 5.91. The number of methoxy groups -OCH3 is 1. The number of ether oxygens (including phenoxy) is 1. The van der Waals surface area contributed by atoms with Crippen molar-refractivity contribution in [1.82, 2.24) is 14.5 Å². The molecule has 0 unspecified atom stereocenters. The fourth-order valence-corrected chi connectivity index (χ4v) is 3.25. The lowest BCUT2D eigenvalue weighted by Gasteiger charge is -2.15. The number of benzene rings is 1. The van der Waals surface area contributed by atoms with Crippen molar-refractivity contribution >= 4 is 40.2 Å². The zero-order chi connectivity index (χ0) is 16.7. The minimum atomic E-state index is 0.149. The predicted molar refractivity (Wildman–Crippen MR) is 93.5 cm³/mol. The van der Waals surface area contributed by atoms with Gasteiger partial charge in [-0.1, -0.05) is 23.2 Å². The molecule has 5 nitrogen and oxygen atoms in total. The Kier molecular flexibility index (Phi) is 4.08. The first-order valence-electron chi connectivity index (χ1n) is 7.02. The van der Waals surface area contributed by atoms with Gasteiger partial charge in [-0.15, -0.1) is 0 Å². The summed E-state index contributed by atoms with van der Waals surface area (Å²) in [5, 5.41) is 1.79. The molecule has 0 saturated carbocycles. The molecule has 2 N–H and O–H groups in total. The average Bonchev–Trinajstić information content (AvgIpc) is 2.88. The highest BCUT2D eigenvalue weighted by Gasteiger charge is 2.15. The third-order valence-electron chi connectivity index (χ3n) is 3.83. The van der Waals surface area contributed by atoms with Crippen LogP contribution in [0.4, 0.5) is 5.95 Å². The molecule has 0 aliphatic carbocycles. The summed E-state index contributed by atoms with van der Waals surface area (Å²) in [6.45, 7) is 4.50. The molecule has 0 bridgehead atoms. The molecule has 0 fully saturated rings. The van der Waals surface area contributed by atoms with E-state index in [0.717, 1.165) is 27.8 Å². The van der Waals surface area contributed by atoms with Gasteiger partial charge in [-0.05, 0) is 37.1 Å². The van der Waals surface area contributed by atoms with Gasteiger partial charge in [0.05, 0.1) is 24.1 Å². The lowest BCUT2D eigenvalue weighted by Crippen LogP contribution is -2.04. The molecule has 1 aromatic carbocycles. The number of hydrogen-bond donors (Lipinski definition) is 1. The van der Waals surface area contributed by atoms with Crippen LogP contribution in [0.3, 0.4) is 0 Å². The van der Waals surface area contributed by atoms with Gasteiger partial charge in [-0.25, -0.2) is 4.98 Å². The molecule has 2 heterocycles. The third-order valence-corrected chi connectivity index (χ3v) is 4.65. The molecule has 0 aliphatic rings. The summed E-state index contributed by atoms with van der Waals surface area (Å²) in [6, 6.07) is 3.89. The van der Waals surface area contributed by atoms with Crippen LogP contribution in [0.2, 0.25) is 10.2 Å². The molecular formula is C16H16Cl2N4O. The van der Waals surface area contributed by atoms with Crippen molar-refractivity contribution in [1.29, 1.82) is 0 Å². The highest BCUT2D eigenvalue weighted by atomic mass is 35.5. The first-order chi connectivity index (χ1) is 10.9. The fraction of sp³-hybridized carbons (Fsp3) is 0.250. The number of aromatic nitrogens is 3. The molecule has 3 aromatic rings. The number of aryl methyl sites for hydroxylation is 1. The first kappa shape index (κ1) is 15.9. The Morgan fingerprint density at radius 2 is 2.00 bits per heavy atom. The number of nitrogen functional groups attached to an aromatic ring is 1. The maximum absolute atomic E-state index is 6.50. The Labute approximate surface area is 144 Å². The van der Waals surface area contributed by atoms with Crippen LogP contribution in [0.5, 0.6) is 5.75 Å². The second-order valence-electron chi connectivity index (χ2n) is 5.38. The zero-order valence-electron chi connectivity index (χ0n) is 13.0. The largest absolute Gasteiger partial charge is 0.496 e. The minimum absolute atomic E-state index is 0.149. The number of nitrogens with zero attached hydrogens (tertiary/aromatic N) is 3. The van der Waals surface area contributed by atoms with E-state index in [4.69, 9.17) is 33.7 Å². The van der Waals surface area contributed by atoms with Crippen molar-refractivity contribution in [3.05, 3.63) is 45.2 Å². The molecule has 0 amide bonds. The van der Waals surface area contributed by atoms with Gasteiger partial charge in [0.25, 0.3) is 0 Å². The lowest BCUT2D eigenvalue weighted by molar-refractivity contribution is 0.408. The molecule has 0 radical (unpaired) electrons. The van der Waals surface area contributed by atoms with E-state index in [1.165, 1.54) is 0 Å². The molecule has 0 atom stereocenters. The van der Waals surface area contributed by atoms with Crippen LogP contribution in [-0.2, 0) is 6.54 Å². The molecule has 2 aromatic heterocycles. The van der Waals surface area contributed by atoms with Crippen LogP contribution < -0.4 is 10.5 Å². The molecule has 3 rings (SSSR count). The molecule has 0 aliphatic heterocycles. The summed E-state index contributed by atoms with van der Waals surface area (Å²) in [6.07, 6.45) is 1.90. The van der Waals surface area contributed by atoms with E-state index in [1.807, 2.05) is 36.7 Å². The number of rotatable bonds is 3. The van der Waals surface area contributed by atoms with Crippen molar-refractivity contribution in [2.45, 2.75) is 20.4 Å². The summed E-state index contributed by atoms with van der Waals surface area (Å²) in [7, 11) is 1.65. The van der Waals surface area contributed by atoms with Crippen LogP contribution in [0.1, 0.15) is 16.7 Å². The van der Waals surface area contributed by atoms with Gasteiger partial charge in [0.1, 0.15) is 16.5 Å². The SMILES string of the molecule is COc1c(C)cc(Cn2ccc3c(Cl)nc(N)nc32)c(Cl)c1C. The zero-order valence-corrected chi connectivity index (χ0v) is 14.5. The van der Waals surface area contributed by atoms with Gasteiger partial charge in [-0.3, -0.25) is 0 Å². The Morgan fingerprint density at radius 1 is 1.26 bits per heavy atom. The molecule has 120 valence electrons. The van der Waals surface area contributed by atoms with Gasteiger partial charge in [0.2, 0.25) is 5.95 Å². The Bertz CT molecular complexity index is 905. The molecular weight excluding hydrogens is 335 g/mol. The Balaban J connectivity index is 2.10. The summed E-state index contributed by atoms with van der Waals surface area (Å²) < 4.78 is 7.35. The monoisotopic (exact) mass is 350 g/mol. The van der Waals surface area contributed by atoms with Gasteiger partial charge in [-0.2, -0.15) is 4.98 Å². The third kappa shape index (κ3) is 2.71. The van der Waals surface area contributed by atoms with Crippen molar-refractivity contribution in [3.63, 3.8) is 0 Å². The topological polar surface area (TPSA) is 66.0 Å². The lowest BCUT2D eigenvalue weighted by atomic mass is 10.1. The number of anilines is 1. The summed E-state index contributed by atoms with van der Waals surface area (Å²) >= 11 is 12.6. The fourth-order valence-electron chi connectivity index (χ4n) is 2.81. The van der Waals surface area contributed by atoms with Gasteiger partial charge >= 0.3 is 0 Å². The maximum Gasteiger partial charge on any atom is 0.223 e. The van der Waals surface area contributed by atoms with Crippen molar-refractivity contribution < 1.29 is 4.74 Å². The molecule has 0 saturated heterocycles. The summed E-state index contributed by atoms with van der Waals surface area (Å²) in [5.41, 5.74) is 9.32. The normalized spacial score (nSPS) is 11.2. The van der Waals surface area contributed by atoms with Crippen LogP contribution in [-0.4, -0.2) is 21.6 Å². The Hall–Kier alpha value is -1.98. The van der Waals surface area contributed by atoms with E-state index in [0.29, 0.717) is 22.4 Å². The van der Waals surface area contributed by atoms with Crippen molar-refractivity contribution in [2.75, 3.05) is 12.8 Å². The highest BCUT2D eigenvalue weighted by Crippen LogP contribution is 2.33. The van der Waals surface area contributed by atoms with Crippen molar-refractivity contribution in [3.8, 4) is 5.75 Å². The quantitative estimate of drug-likeness (QED) is 0.725. The van der Waals surface area contributed by atoms with E-state index in [-0.39, 0.29) is 5.95 Å². The smallest absolute Gasteiger partial charge is 0.223 e. The predicted octanol–water partition coefficient (Wildman–Crippen LogP) is 3.99. The molecule has 23 heavy (non-hydrogen) atoms. The van der Waals surface area contributed by atoms with Crippen LogP contribution in [0.25, 0.3) is 11.0 Å². The number of hydrogen-bond acceptors (Lipinski definition) is 4. The Morgan fingerprint density at radius 3 is 2.70 bits per heavy atom. The van der Waals surface area contributed by atoms with E-state index in [9.17, 15) is 0 Å². The van der Waals surface area contributed by atoms with E-state index >= 15 is 0 Å². The standard InChI is InChI=1S/C16H16Cl2N4O/c1-8-6-10(12(17)9(2)13(8)23-3)7-22-5-4-11-14(18)20-16(19)21-15(11)22/h4-6H,7H2,1-3H3,(H2,19,20,21). The van der Waals surface area contributed by atoms with E-state index in [2.05, 4.69) is 9.97 Å². The average molecular weight is 351 g/mol. The molecule has 0 spiro atoms. The number of halogens is 2. The summed E-state index contributed by atoms with van der Waals surface area (Å²) in [4.78, 5) is 8.25. The van der Waals surface area contributed by atoms with Crippen molar-refractivity contribution in [2.24, 2.45) is 0 Å². The van der Waals surface area contributed by atoms with Crippen LogP contribution >= 0.6 is 23.2 Å². The summed E-state index contributed by atoms with van der Waals surface area (Å²) in [5.74, 6) is 0.960. The second-order valence-corrected chi connectivity index (χ2v) is 6.11. The van der Waals surface area contributed by atoms with Crippen LogP contribution in [0.15, 0.2) is 18.3 Å². The van der Waals surface area contributed by atoms with Gasteiger partial charge in [0.15, 0.2) is 0 Å². The maximum atomic E-state index is 6.50. The van der Waals surface area contributed by atoms with Crippen LogP contribution in [0, 0.1) is 13.8 Å². The van der Waals surface area contributed by atoms with E-state index in [1.54, 1.807) is 7.11 Å². The minimum Gasteiger partial charge on any atom is -0.496 e.